The van der Waals surface area contributed by atoms with Crippen LogP contribution in [0.1, 0.15) is 26.5 Å². The molecule has 0 aliphatic heterocycles. The molecule has 1 aromatic carbocycles. The quantitative estimate of drug-likeness (QED) is 0.450. The van der Waals surface area contributed by atoms with Gasteiger partial charge in [0.15, 0.2) is 6.39 Å². The van der Waals surface area contributed by atoms with Gasteiger partial charge in [-0.25, -0.2) is 24.1 Å². The molecule has 0 fully saturated rings. The Morgan fingerprint density at radius 1 is 1.09 bits per heavy atom. The van der Waals surface area contributed by atoms with Crippen molar-refractivity contribution in [2.24, 2.45) is 7.05 Å². The number of nitrogens with one attached hydrogen (secondary N) is 2. The number of carbonyl (C=O) groups excluding carboxylic acids is 1. The number of anilines is 2. The van der Waals surface area contributed by atoms with E-state index in [2.05, 4.69) is 30.7 Å². The summed E-state index contributed by atoms with van der Waals surface area (Å²) in [6, 6.07) is 6.79. The van der Waals surface area contributed by atoms with Crippen molar-refractivity contribution in [1.82, 2.24) is 24.7 Å². The Morgan fingerprint density at radius 3 is 2.58 bits per heavy atom. The van der Waals surface area contributed by atoms with Crippen LogP contribution in [-0.4, -0.2) is 30.8 Å². The fraction of sp³-hybridized carbons (Fsp3) is 0.227. The zero-order chi connectivity index (χ0) is 23.6. The zero-order valence-electron chi connectivity index (χ0n) is 18.5. The first-order valence-electron chi connectivity index (χ1n) is 9.99. The second-order valence-electron chi connectivity index (χ2n) is 8.23. The number of ether oxygens (including phenoxy) is 1. The molecule has 4 rings (SSSR count). The SMILES string of the molecule is Cn1nc(C(C)(C)C)cc1NC(=O)Nc1ccc(Oc2cc(-c3cocn3)ncn2)cc1F. The van der Waals surface area contributed by atoms with Crippen LogP contribution in [0.2, 0.25) is 0 Å². The topological polar surface area (TPSA) is 120 Å². The monoisotopic (exact) mass is 451 g/mol. The number of halogens is 1. The molecule has 0 saturated carbocycles. The molecule has 4 aromatic rings. The van der Waals surface area contributed by atoms with Gasteiger partial charge in [-0.1, -0.05) is 20.8 Å². The van der Waals surface area contributed by atoms with Gasteiger partial charge in [0.25, 0.3) is 0 Å². The summed E-state index contributed by atoms with van der Waals surface area (Å²) in [7, 11) is 1.72. The maximum Gasteiger partial charge on any atom is 0.324 e. The number of hydrogen-bond acceptors (Lipinski definition) is 7. The highest BCUT2D eigenvalue weighted by molar-refractivity contribution is 5.99. The van der Waals surface area contributed by atoms with Crippen LogP contribution in [0.5, 0.6) is 11.6 Å². The number of amides is 2. The van der Waals surface area contributed by atoms with Gasteiger partial charge in [0.05, 0.1) is 17.1 Å². The summed E-state index contributed by atoms with van der Waals surface area (Å²) in [4.78, 5) is 24.5. The van der Waals surface area contributed by atoms with Crippen molar-refractivity contribution in [3.63, 3.8) is 0 Å². The van der Waals surface area contributed by atoms with E-state index in [9.17, 15) is 9.18 Å². The molecule has 0 saturated heterocycles. The van der Waals surface area contributed by atoms with Gasteiger partial charge >= 0.3 is 6.03 Å². The minimum atomic E-state index is -0.672. The Balaban J connectivity index is 1.42. The lowest BCUT2D eigenvalue weighted by atomic mass is 9.92. The Morgan fingerprint density at radius 2 is 1.91 bits per heavy atom. The van der Waals surface area contributed by atoms with Crippen LogP contribution in [0.15, 0.2) is 53.7 Å². The summed E-state index contributed by atoms with van der Waals surface area (Å²) in [5.74, 6) is 0.217. The highest BCUT2D eigenvalue weighted by Crippen LogP contribution is 2.27. The highest BCUT2D eigenvalue weighted by Gasteiger charge is 2.20. The summed E-state index contributed by atoms with van der Waals surface area (Å²) < 4.78 is 26.7. The van der Waals surface area contributed by atoms with E-state index >= 15 is 0 Å². The summed E-state index contributed by atoms with van der Waals surface area (Å²) in [6.45, 7) is 6.07. The van der Waals surface area contributed by atoms with E-state index < -0.39 is 11.8 Å². The molecule has 0 radical (unpaired) electrons. The Kier molecular flexibility index (Phi) is 5.78. The van der Waals surface area contributed by atoms with Gasteiger partial charge in [0.2, 0.25) is 5.88 Å². The van der Waals surface area contributed by atoms with Crippen molar-refractivity contribution in [3.8, 4) is 23.0 Å². The lowest BCUT2D eigenvalue weighted by Crippen LogP contribution is -2.21. The van der Waals surface area contributed by atoms with Crippen LogP contribution < -0.4 is 15.4 Å². The number of urea groups is 1. The number of rotatable bonds is 5. The van der Waals surface area contributed by atoms with Crippen LogP contribution >= 0.6 is 0 Å². The molecule has 3 heterocycles. The van der Waals surface area contributed by atoms with Gasteiger partial charge in [0, 0.05) is 30.7 Å². The lowest BCUT2D eigenvalue weighted by molar-refractivity contribution is 0.262. The second kappa shape index (κ2) is 8.69. The first-order valence-corrected chi connectivity index (χ1v) is 9.99. The van der Waals surface area contributed by atoms with Crippen molar-refractivity contribution < 1.29 is 18.3 Å². The number of oxazole rings is 1. The first kappa shape index (κ1) is 21.9. The molecule has 0 aliphatic carbocycles. The number of aryl methyl sites for hydroxylation is 1. The van der Waals surface area contributed by atoms with Crippen molar-refractivity contribution in [3.05, 3.63) is 60.8 Å². The summed E-state index contributed by atoms with van der Waals surface area (Å²) in [6.07, 6.45) is 4.03. The number of aromatic nitrogens is 5. The molecule has 0 bridgehead atoms. The third-order valence-corrected chi connectivity index (χ3v) is 4.64. The molecule has 33 heavy (non-hydrogen) atoms. The summed E-state index contributed by atoms with van der Waals surface area (Å²) >= 11 is 0. The Labute approximate surface area is 188 Å². The van der Waals surface area contributed by atoms with Crippen LogP contribution in [-0.2, 0) is 12.5 Å². The molecule has 0 unspecified atom stereocenters. The van der Waals surface area contributed by atoms with Crippen LogP contribution in [0, 0.1) is 5.82 Å². The zero-order valence-corrected chi connectivity index (χ0v) is 18.5. The lowest BCUT2D eigenvalue weighted by Gasteiger charge is -2.13. The van der Waals surface area contributed by atoms with Crippen LogP contribution in [0.3, 0.4) is 0 Å². The maximum atomic E-state index is 14.6. The average Bonchev–Trinajstić information content (AvgIpc) is 3.41. The van der Waals surface area contributed by atoms with E-state index in [0.29, 0.717) is 17.2 Å². The third-order valence-electron chi connectivity index (χ3n) is 4.64. The van der Waals surface area contributed by atoms with Gasteiger partial charge in [0.1, 0.15) is 35.7 Å². The van der Waals surface area contributed by atoms with Gasteiger partial charge in [-0.15, -0.1) is 0 Å². The number of nitrogens with zero attached hydrogens (tertiary/aromatic N) is 5. The van der Waals surface area contributed by atoms with Crippen molar-refractivity contribution in [2.45, 2.75) is 26.2 Å². The molecule has 10 nitrogen and oxygen atoms in total. The molecule has 3 aromatic heterocycles. The second-order valence-corrected chi connectivity index (χ2v) is 8.23. The van der Waals surface area contributed by atoms with Crippen LogP contribution in [0.25, 0.3) is 11.4 Å². The van der Waals surface area contributed by atoms with E-state index in [1.54, 1.807) is 23.9 Å². The number of benzene rings is 1. The standard InChI is InChI=1S/C22H22FN7O3/c1-22(2,3)18-9-19(30(4)29-18)28-21(31)27-15-6-5-13(7-14(15)23)33-20-8-16(24-11-25-20)17-10-32-12-26-17/h5-12H,1-4H3,(H2,27,28,31). The fourth-order valence-corrected chi connectivity index (χ4v) is 2.88. The van der Waals surface area contributed by atoms with E-state index in [1.807, 2.05) is 20.8 Å². The molecule has 0 atom stereocenters. The largest absolute Gasteiger partial charge is 0.451 e. The number of hydrogen-bond donors (Lipinski definition) is 2. The normalized spacial score (nSPS) is 11.3. The average molecular weight is 451 g/mol. The van der Waals surface area contributed by atoms with Crippen molar-refractivity contribution >= 4 is 17.5 Å². The highest BCUT2D eigenvalue weighted by atomic mass is 19.1. The van der Waals surface area contributed by atoms with E-state index in [1.165, 1.54) is 31.1 Å². The molecule has 0 spiro atoms. The predicted molar refractivity (Wildman–Crippen MR) is 119 cm³/mol. The summed E-state index contributed by atoms with van der Waals surface area (Å²) in [5.41, 5.74) is 1.65. The smallest absolute Gasteiger partial charge is 0.324 e. The maximum absolute atomic E-state index is 14.6. The number of carbonyl (C=O) groups is 1. The van der Waals surface area contributed by atoms with E-state index in [0.717, 1.165) is 11.8 Å². The van der Waals surface area contributed by atoms with Crippen molar-refractivity contribution in [2.75, 3.05) is 10.6 Å². The predicted octanol–water partition coefficient (Wildman–Crippen LogP) is 4.74. The van der Waals surface area contributed by atoms with Crippen LogP contribution in [0.4, 0.5) is 20.7 Å². The van der Waals surface area contributed by atoms with Gasteiger partial charge in [-0.2, -0.15) is 5.10 Å². The van der Waals surface area contributed by atoms with Gasteiger partial charge < -0.3 is 14.5 Å². The summed E-state index contributed by atoms with van der Waals surface area (Å²) in [5, 5.41) is 9.56. The van der Waals surface area contributed by atoms with E-state index in [4.69, 9.17) is 9.15 Å². The Bertz CT molecular complexity index is 1280. The molecule has 2 amide bonds. The minimum Gasteiger partial charge on any atom is -0.451 e. The Hall–Kier alpha value is -4.28. The fourth-order valence-electron chi connectivity index (χ4n) is 2.88. The molecule has 170 valence electrons. The molecule has 2 N–H and O–H groups in total. The van der Waals surface area contributed by atoms with Gasteiger partial charge in [-0.05, 0) is 12.1 Å². The molecular formula is C22H22FN7O3. The third kappa shape index (κ3) is 5.14. The minimum absolute atomic E-state index is 0.0102. The molecule has 11 heteroatoms. The molecular weight excluding hydrogens is 429 g/mol. The first-order chi connectivity index (χ1) is 15.7. The van der Waals surface area contributed by atoms with E-state index in [-0.39, 0.29) is 22.7 Å². The van der Waals surface area contributed by atoms with Gasteiger partial charge in [-0.3, -0.25) is 10.00 Å². The van der Waals surface area contributed by atoms with Crippen molar-refractivity contribution in [1.29, 1.82) is 0 Å². The molecule has 0 aliphatic rings.